The first-order valence-electron chi connectivity index (χ1n) is 6.11. The van der Waals surface area contributed by atoms with Crippen molar-refractivity contribution in [2.24, 2.45) is 17.6 Å². The van der Waals surface area contributed by atoms with Crippen LogP contribution in [0.3, 0.4) is 0 Å². The second-order valence-electron chi connectivity index (χ2n) is 4.95. The molecule has 0 aliphatic carbocycles. The summed E-state index contributed by atoms with van der Waals surface area (Å²) in [6, 6.07) is 0. The Kier molecular flexibility index (Phi) is 4.53. The highest BCUT2D eigenvalue weighted by Crippen LogP contribution is 2.19. The molecule has 1 atom stereocenters. The Hall–Kier alpha value is -1.78. The van der Waals surface area contributed by atoms with Gasteiger partial charge in [0.15, 0.2) is 0 Å². The number of hydrogen-bond donors (Lipinski definition) is 3. The van der Waals surface area contributed by atoms with Gasteiger partial charge in [0.25, 0.3) is 5.91 Å². The number of carbonyl (C=O) groups excluding carboxylic acids is 2. The van der Waals surface area contributed by atoms with E-state index in [1.807, 2.05) is 19.9 Å². The molecular formula is C13H21N3O2. The molecule has 1 aliphatic heterocycles. The first-order chi connectivity index (χ1) is 8.32. The minimum absolute atomic E-state index is 0.131. The summed E-state index contributed by atoms with van der Waals surface area (Å²) in [4.78, 5) is 23.4. The van der Waals surface area contributed by atoms with E-state index in [9.17, 15) is 9.59 Å². The average molecular weight is 251 g/mol. The van der Waals surface area contributed by atoms with Gasteiger partial charge < -0.3 is 16.4 Å². The van der Waals surface area contributed by atoms with Crippen molar-refractivity contribution in [2.45, 2.75) is 34.1 Å². The molecule has 0 radical (unpaired) electrons. The molecule has 5 heteroatoms. The third kappa shape index (κ3) is 3.35. The van der Waals surface area contributed by atoms with Crippen molar-refractivity contribution < 1.29 is 9.59 Å². The molecule has 1 rings (SSSR count). The average Bonchev–Trinajstić information content (AvgIpc) is 2.32. The molecular weight excluding hydrogens is 230 g/mol. The van der Waals surface area contributed by atoms with Crippen molar-refractivity contribution in [2.75, 3.05) is 0 Å². The second kappa shape index (κ2) is 5.71. The summed E-state index contributed by atoms with van der Waals surface area (Å²) in [7, 11) is 0. The van der Waals surface area contributed by atoms with Crippen LogP contribution in [-0.4, -0.2) is 11.8 Å². The number of nitrogens with one attached hydrogen (secondary N) is 2. The van der Waals surface area contributed by atoms with Gasteiger partial charge in [-0.3, -0.25) is 9.59 Å². The van der Waals surface area contributed by atoms with E-state index in [0.29, 0.717) is 5.82 Å². The third-order valence-electron chi connectivity index (χ3n) is 3.11. The Balaban J connectivity index is 2.86. The topological polar surface area (TPSA) is 84.2 Å². The lowest BCUT2D eigenvalue weighted by molar-refractivity contribution is -0.123. The standard InChI is InChI=1S/C13H21N3O2/c1-7(2)12(17)15-10-6-5-8(3)9(4)11(14)13(18)16-10/h6-8H,5,14H2,1-4H3,(H,15,17)(H,16,18)/b10-6+,11-9+. The highest BCUT2D eigenvalue weighted by molar-refractivity contribution is 5.95. The molecule has 0 bridgehead atoms. The molecule has 5 nitrogen and oxygen atoms in total. The maximum absolute atomic E-state index is 11.8. The number of carbonyl (C=O) groups is 2. The lowest BCUT2D eigenvalue weighted by Crippen LogP contribution is -2.40. The van der Waals surface area contributed by atoms with Crippen LogP contribution in [0.5, 0.6) is 0 Å². The minimum Gasteiger partial charge on any atom is -0.394 e. The lowest BCUT2D eigenvalue weighted by Gasteiger charge is -2.20. The van der Waals surface area contributed by atoms with Crippen LogP contribution in [-0.2, 0) is 9.59 Å². The first kappa shape index (κ1) is 14.3. The van der Waals surface area contributed by atoms with Crippen molar-refractivity contribution >= 4 is 11.8 Å². The molecule has 1 unspecified atom stereocenters. The zero-order valence-corrected chi connectivity index (χ0v) is 11.3. The van der Waals surface area contributed by atoms with Crippen molar-refractivity contribution in [3.05, 3.63) is 23.2 Å². The molecule has 0 spiro atoms. The van der Waals surface area contributed by atoms with Crippen LogP contribution in [0, 0.1) is 11.8 Å². The highest BCUT2D eigenvalue weighted by atomic mass is 16.2. The van der Waals surface area contributed by atoms with E-state index in [0.717, 1.165) is 12.0 Å². The summed E-state index contributed by atoms with van der Waals surface area (Å²) in [5.74, 6) is -0.0355. The number of nitrogens with two attached hydrogens (primary N) is 1. The van der Waals surface area contributed by atoms with Gasteiger partial charge >= 0.3 is 0 Å². The van der Waals surface area contributed by atoms with Gasteiger partial charge in [0.2, 0.25) is 5.91 Å². The molecule has 100 valence electrons. The van der Waals surface area contributed by atoms with Crippen molar-refractivity contribution in [3.8, 4) is 0 Å². The quantitative estimate of drug-likeness (QED) is 0.684. The summed E-state index contributed by atoms with van der Waals surface area (Å²) >= 11 is 0. The van der Waals surface area contributed by atoms with E-state index in [-0.39, 0.29) is 29.3 Å². The summed E-state index contributed by atoms with van der Waals surface area (Å²) < 4.78 is 0. The maximum atomic E-state index is 11.8. The summed E-state index contributed by atoms with van der Waals surface area (Å²) in [5, 5.41) is 5.30. The van der Waals surface area contributed by atoms with Crippen LogP contribution in [0.1, 0.15) is 34.1 Å². The molecule has 0 aromatic heterocycles. The van der Waals surface area contributed by atoms with Crippen LogP contribution in [0.25, 0.3) is 0 Å². The van der Waals surface area contributed by atoms with Gasteiger partial charge in [-0.15, -0.1) is 0 Å². The molecule has 2 amide bonds. The zero-order valence-electron chi connectivity index (χ0n) is 11.3. The molecule has 0 saturated heterocycles. The second-order valence-corrected chi connectivity index (χ2v) is 4.95. The summed E-state index contributed by atoms with van der Waals surface area (Å²) in [6.45, 7) is 7.44. The van der Waals surface area contributed by atoms with Crippen LogP contribution in [0.2, 0.25) is 0 Å². The molecule has 4 N–H and O–H groups in total. The van der Waals surface area contributed by atoms with E-state index in [2.05, 4.69) is 10.6 Å². The van der Waals surface area contributed by atoms with Gasteiger partial charge in [0.1, 0.15) is 5.82 Å². The van der Waals surface area contributed by atoms with E-state index in [1.165, 1.54) is 0 Å². The fourth-order valence-corrected chi connectivity index (χ4v) is 1.52. The predicted octanol–water partition coefficient (Wildman–Crippen LogP) is 0.989. The Morgan fingerprint density at radius 2 is 2.17 bits per heavy atom. The molecule has 0 saturated carbocycles. The van der Waals surface area contributed by atoms with Gasteiger partial charge in [0, 0.05) is 5.92 Å². The molecule has 18 heavy (non-hydrogen) atoms. The van der Waals surface area contributed by atoms with Crippen LogP contribution in [0.15, 0.2) is 23.2 Å². The maximum Gasteiger partial charge on any atom is 0.272 e. The number of amides is 2. The van der Waals surface area contributed by atoms with Gasteiger partial charge in [-0.1, -0.05) is 20.8 Å². The Labute approximate surface area is 107 Å². The SMILES string of the molecule is C/C1=C(\N)C(=O)N/C(NC(=O)C(C)C)=C/CC1C. The van der Waals surface area contributed by atoms with Crippen molar-refractivity contribution in [3.63, 3.8) is 0 Å². The van der Waals surface area contributed by atoms with Crippen LogP contribution < -0.4 is 16.4 Å². The number of rotatable bonds is 2. The summed E-state index contributed by atoms with van der Waals surface area (Å²) in [6.07, 6.45) is 2.54. The van der Waals surface area contributed by atoms with Gasteiger partial charge in [-0.25, -0.2) is 0 Å². The number of hydrogen-bond acceptors (Lipinski definition) is 3. The van der Waals surface area contributed by atoms with Crippen LogP contribution in [0.4, 0.5) is 0 Å². The van der Waals surface area contributed by atoms with E-state index < -0.39 is 0 Å². The Morgan fingerprint density at radius 1 is 1.56 bits per heavy atom. The summed E-state index contributed by atoms with van der Waals surface area (Å²) in [5.41, 5.74) is 6.86. The molecule has 1 heterocycles. The van der Waals surface area contributed by atoms with E-state index >= 15 is 0 Å². The third-order valence-corrected chi connectivity index (χ3v) is 3.11. The number of allylic oxidation sites excluding steroid dienone is 2. The normalized spacial score (nSPS) is 27.9. The van der Waals surface area contributed by atoms with Crippen molar-refractivity contribution in [1.29, 1.82) is 0 Å². The predicted molar refractivity (Wildman–Crippen MR) is 69.9 cm³/mol. The molecule has 1 aliphatic rings. The Morgan fingerprint density at radius 3 is 2.72 bits per heavy atom. The van der Waals surface area contributed by atoms with Gasteiger partial charge in [0.05, 0.1) is 5.70 Å². The van der Waals surface area contributed by atoms with Gasteiger partial charge in [-0.05, 0) is 30.9 Å². The Bertz CT molecular complexity index is 422. The smallest absolute Gasteiger partial charge is 0.272 e. The fraction of sp³-hybridized carbons (Fsp3) is 0.538. The molecule has 0 aromatic carbocycles. The van der Waals surface area contributed by atoms with Crippen LogP contribution >= 0.6 is 0 Å². The zero-order chi connectivity index (χ0) is 13.9. The van der Waals surface area contributed by atoms with E-state index in [4.69, 9.17) is 5.73 Å². The lowest BCUT2D eigenvalue weighted by atomic mass is 9.96. The highest BCUT2D eigenvalue weighted by Gasteiger charge is 2.19. The first-order valence-corrected chi connectivity index (χ1v) is 6.11. The monoisotopic (exact) mass is 251 g/mol. The largest absolute Gasteiger partial charge is 0.394 e. The van der Waals surface area contributed by atoms with E-state index in [1.54, 1.807) is 13.8 Å². The molecule has 0 fully saturated rings. The van der Waals surface area contributed by atoms with Crippen molar-refractivity contribution in [1.82, 2.24) is 10.6 Å². The fourth-order valence-electron chi connectivity index (χ4n) is 1.52. The minimum atomic E-state index is -0.366. The molecule has 0 aromatic rings. The van der Waals surface area contributed by atoms with Gasteiger partial charge in [-0.2, -0.15) is 0 Å².